The van der Waals surface area contributed by atoms with Crippen LogP contribution in [0, 0.1) is 6.92 Å². The van der Waals surface area contributed by atoms with E-state index >= 15 is 0 Å². The van der Waals surface area contributed by atoms with Crippen LogP contribution in [0.15, 0.2) is 23.2 Å². The monoisotopic (exact) mass is 230 g/mol. The van der Waals surface area contributed by atoms with Gasteiger partial charge in [0.1, 0.15) is 0 Å². The first-order chi connectivity index (χ1) is 8.27. The molecule has 0 amide bonds. The molecule has 0 aromatic heterocycles. The van der Waals surface area contributed by atoms with Crippen molar-refractivity contribution in [1.29, 1.82) is 0 Å². The quantitative estimate of drug-likeness (QED) is 0.785. The van der Waals surface area contributed by atoms with Gasteiger partial charge in [-0.25, -0.2) is 4.99 Å². The van der Waals surface area contributed by atoms with Crippen LogP contribution in [0.4, 0.5) is 5.69 Å². The second-order valence-corrected chi connectivity index (χ2v) is 4.60. The first-order valence-electron chi connectivity index (χ1n) is 6.15. The molecule has 2 aliphatic rings. The van der Waals surface area contributed by atoms with Gasteiger partial charge in [0, 0.05) is 20.1 Å². The van der Waals surface area contributed by atoms with Crippen LogP contribution in [-0.4, -0.2) is 37.7 Å². The minimum atomic E-state index is 0.883. The third-order valence-electron chi connectivity index (χ3n) is 3.56. The van der Waals surface area contributed by atoms with Crippen LogP contribution in [0.1, 0.15) is 11.1 Å². The van der Waals surface area contributed by atoms with Gasteiger partial charge in [-0.3, -0.25) is 10.0 Å². The van der Waals surface area contributed by atoms with Gasteiger partial charge in [0.25, 0.3) is 0 Å². The minimum Gasteiger partial charge on any atom is -0.353 e. The molecule has 0 atom stereocenters. The average Bonchev–Trinajstić information content (AvgIpc) is 2.98. The van der Waals surface area contributed by atoms with Gasteiger partial charge in [-0.2, -0.15) is 0 Å². The van der Waals surface area contributed by atoms with Crippen LogP contribution >= 0.6 is 0 Å². The summed E-state index contributed by atoms with van der Waals surface area (Å²) in [5, 5.41) is 7.76. The molecule has 90 valence electrons. The van der Waals surface area contributed by atoms with Crippen molar-refractivity contribution in [1.82, 2.24) is 10.3 Å². The molecular weight excluding hydrogens is 212 g/mol. The Balaban J connectivity index is 1.90. The lowest BCUT2D eigenvalue weighted by Gasteiger charge is -2.31. The highest BCUT2D eigenvalue weighted by Gasteiger charge is 2.25. The van der Waals surface area contributed by atoms with Crippen molar-refractivity contribution in [3.05, 3.63) is 29.3 Å². The largest absolute Gasteiger partial charge is 0.353 e. The maximum absolute atomic E-state index is 4.47. The van der Waals surface area contributed by atoms with Gasteiger partial charge in [0.15, 0.2) is 0 Å². The van der Waals surface area contributed by atoms with Crippen LogP contribution in [0.2, 0.25) is 0 Å². The molecule has 1 aromatic carbocycles. The number of nitrogens with one attached hydrogen (secondary N) is 1. The van der Waals surface area contributed by atoms with E-state index < -0.39 is 0 Å². The SMILES string of the molecule is Cc1cccc2c1CCN2N(C)C1=NCCN1. The summed E-state index contributed by atoms with van der Waals surface area (Å²) in [5.74, 6) is 0.986. The molecule has 17 heavy (non-hydrogen) atoms. The molecular formula is C13H18N4. The molecule has 0 aliphatic carbocycles. The summed E-state index contributed by atoms with van der Waals surface area (Å²) in [7, 11) is 2.08. The number of hydrazine groups is 1. The highest BCUT2D eigenvalue weighted by molar-refractivity contribution is 5.83. The number of guanidine groups is 1. The topological polar surface area (TPSA) is 30.9 Å². The van der Waals surface area contributed by atoms with Gasteiger partial charge in [-0.1, -0.05) is 12.1 Å². The summed E-state index contributed by atoms with van der Waals surface area (Å²) in [4.78, 5) is 4.47. The highest BCUT2D eigenvalue weighted by Crippen LogP contribution is 2.31. The maximum Gasteiger partial charge on any atom is 0.213 e. The fourth-order valence-electron chi connectivity index (χ4n) is 2.62. The lowest BCUT2D eigenvalue weighted by Crippen LogP contribution is -2.47. The van der Waals surface area contributed by atoms with Gasteiger partial charge in [0.2, 0.25) is 5.96 Å². The molecule has 4 nitrogen and oxygen atoms in total. The Labute approximate surface area is 102 Å². The Morgan fingerprint density at radius 2 is 2.29 bits per heavy atom. The summed E-state index contributed by atoms with van der Waals surface area (Å²) in [6.07, 6.45) is 1.12. The summed E-state index contributed by atoms with van der Waals surface area (Å²) in [5.41, 5.74) is 4.18. The Morgan fingerprint density at radius 3 is 3.06 bits per heavy atom. The molecule has 1 aromatic rings. The Kier molecular flexibility index (Phi) is 2.42. The van der Waals surface area contributed by atoms with Gasteiger partial charge >= 0.3 is 0 Å². The van der Waals surface area contributed by atoms with E-state index in [0.29, 0.717) is 0 Å². The number of anilines is 1. The van der Waals surface area contributed by atoms with Crippen LogP contribution in [0.25, 0.3) is 0 Å². The zero-order valence-electron chi connectivity index (χ0n) is 10.4. The smallest absolute Gasteiger partial charge is 0.213 e. The Bertz CT molecular complexity index is 466. The zero-order valence-corrected chi connectivity index (χ0v) is 10.4. The average molecular weight is 230 g/mol. The third-order valence-corrected chi connectivity index (χ3v) is 3.56. The van der Waals surface area contributed by atoms with Gasteiger partial charge in [0.05, 0.1) is 12.2 Å². The lowest BCUT2D eigenvalue weighted by molar-refractivity contribution is 0.458. The molecule has 0 radical (unpaired) electrons. The van der Waals surface area contributed by atoms with Crippen LogP contribution in [-0.2, 0) is 6.42 Å². The van der Waals surface area contributed by atoms with Gasteiger partial charge in [-0.05, 0) is 30.5 Å². The molecule has 0 bridgehead atoms. The predicted molar refractivity (Wildman–Crippen MR) is 70.3 cm³/mol. The second kappa shape index (κ2) is 3.95. The number of nitrogens with zero attached hydrogens (tertiary/aromatic N) is 3. The third kappa shape index (κ3) is 1.64. The molecule has 1 N–H and O–H groups in total. The molecule has 0 spiro atoms. The number of aliphatic imine (C=N–C) groups is 1. The minimum absolute atomic E-state index is 0.883. The van der Waals surface area contributed by atoms with E-state index in [4.69, 9.17) is 0 Å². The number of aryl methyl sites for hydroxylation is 1. The summed E-state index contributed by atoms with van der Waals surface area (Å²) in [6, 6.07) is 6.51. The molecule has 0 fully saturated rings. The van der Waals surface area contributed by atoms with Gasteiger partial charge < -0.3 is 5.32 Å². The number of hydrogen-bond acceptors (Lipinski definition) is 4. The Morgan fingerprint density at radius 1 is 1.41 bits per heavy atom. The summed E-state index contributed by atoms with van der Waals surface area (Å²) < 4.78 is 0. The standard InChI is InChI=1S/C13H18N4/c1-10-4-3-5-12-11(10)6-9-17(12)16(2)13-14-7-8-15-13/h3-5H,6-9H2,1-2H3,(H,14,15). The van der Waals surface area contributed by atoms with Crippen LogP contribution in [0.3, 0.4) is 0 Å². The Hall–Kier alpha value is -1.71. The van der Waals surface area contributed by atoms with E-state index in [0.717, 1.165) is 32.0 Å². The molecule has 4 heteroatoms. The molecule has 0 saturated carbocycles. The van der Waals surface area contributed by atoms with Crippen molar-refractivity contribution >= 4 is 11.6 Å². The normalized spacial score (nSPS) is 17.8. The summed E-state index contributed by atoms with van der Waals surface area (Å²) >= 11 is 0. The van der Waals surface area contributed by atoms with Crippen LogP contribution in [0.5, 0.6) is 0 Å². The fraction of sp³-hybridized carbons (Fsp3) is 0.462. The highest BCUT2D eigenvalue weighted by atomic mass is 15.7. The van der Waals surface area contributed by atoms with E-state index in [1.54, 1.807) is 0 Å². The van der Waals surface area contributed by atoms with E-state index in [1.807, 2.05) is 0 Å². The zero-order chi connectivity index (χ0) is 11.8. The van der Waals surface area contributed by atoms with Crippen molar-refractivity contribution in [2.75, 3.05) is 31.7 Å². The second-order valence-electron chi connectivity index (χ2n) is 4.60. The lowest BCUT2D eigenvalue weighted by atomic mass is 10.1. The molecule has 2 aliphatic heterocycles. The predicted octanol–water partition coefficient (Wildman–Crippen LogP) is 1.16. The van der Waals surface area contributed by atoms with Crippen molar-refractivity contribution < 1.29 is 0 Å². The van der Waals surface area contributed by atoms with Crippen molar-refractivity contribution in [3.8, 4) is 0 Å². The number of rotatable bonds is 1. The van der Waals surface area contributed by atoms with E-state index in [2.05, 4.69) is 52.5 Å². The summed E-state index contributed by atoms with van der Waals surface area (Å²) in [6.45, 7) is 5.06. The van der Waals surface area contributed by atoms with E-state index in [1.165, 1.54) is 16.8 Å². The molecule has 2 heterocycles. The maximum atomic E-state index is 4.47. The number of fused-ring (bicyclic) bond motifs is 1. The van der Waals surface area contributed by atoms with E-state index in [-0.39, 0.29) is 0 Å². The number of hydrogen-bond donors (Lipinski definition) is 1. The van der Waals surface area contributed by atoms with Crippen molar-refractivity contribution in [3.63, 3.8) is 0 Å². The van der Waals surface area contributed by atoms with Crippen molar-refractivity contribution in [2.24, 2.45) is 4.99 Å². The molecule has 3 rings (SSSR count). The first kappa shape index (κ1) is 10.4. The van der Waals surface area contributed by atoms with Crippen LogP contribution < -0.4 is 10.3 Å². The van der Waals surface area contributed by atoms with Crippen molar-refractivity contribution in [2.45, 2.75) is 13.3 Å². The first-order valence-corrected chi connectivity index (χ1v) is 6.15. The van der Waals surface area contributed by atoms with Gasteiger partial charge in [-0.15, -0.1) is 0 Å². The molecule has 0 saturated heterocycles. The fourth-order valence-corrected chi connectivity index (χ4v) is 2.62. The van der Waals surface area contributed by atoms with E-state index in [9.17, 15) is 0 Å². The molecule has 0 unspecified atom stereocenters. The number of benzene rings is 1.